The van der Waals surface area contributed by atoms with Crippen LogP contribution in [0, 0.1) is 6.92 Å². The molecule has 4 aromatic rings. The molecule has 0 atom stereocenters. The molecule has 0 N–H and O–H groups in total. The van der Waals surface area contributed by atoms with Gasteiger partial charge in [-0.3, -0.25) is 0 Å². The lowest BCUT2D eigenvalue weighted by atomic mass is 10.1. The summed E-state index contributed by atoms with van der Waals surface area (Å²) >= 11 is 0. The van der Waals surface area contributed by atoms with Crippen LogP contribution in [0.15, 0.2) is 124 Å². The van der Waals surface area contributed by atoms with Crippen molar-refractivity contribution in [2.45, 2.75) is 6.92 Å². The minimum atomic E-state index is 0.820. The number of nitrogens with zero attached hydrogens (tertiary/aromatic N) is 4. The van der Waals surface area contributed by atoms with Crippen molar-refractivity contribution in [3.63, 3.8) is 0 Å². The molecule has 0 unspecified atom stereocenters. The van der Waals surface area contributed by atoms with Crippen molar-refractivity contribution in [3.05, 3.63) is 109 Å². The summed E-state index contributed by atoms with van der Waals surface area (Å²) in [5, 5.41) is 17.1. The second kappa shape index (κ2) is 8.85. The van der Waals surface area contributed by atoms with Gasteiger partial charge in [0, 0.05) is 0 Å². The Bertz CT molecular complexity index is 1110. The Hall–Kier alpha value is -3.92. The van der Waals surface area contributed by atoms with Crippen molar-refractivity contribution in [3.8, 4) is 11.1 Å². The number of hydrogen-bond acceptors (Lipinski definition) is 4. The summed E-state index contributed by atoms with van der Waals surface area (Å²) in [6.07, 6.45) is 0. The van der Waals surface area contributed by atoms with Gasteiger partial charge in [0.1, 0.15) is 0 Å². The number of benzene rings is 4. The van der Waals surface area contributed by atoms with Gasteiger partial charge in [-0.2, -0.15) is 20.5 Å². The molecule has 0 saturated carbocycles. The van der Waals surface area contributed by atoms with Crippen molar-refractivity contribution in [2.75, 3.05) is 0 Å². The van der Waals surface area contributed by atoms with Crippen LogP contribution in [-0.2, 0) is 0 Å². The fraction of sp³-hybridized carbons (Fsp3) is 0.0400. The van der Waals surface area contributed by atoms with E-state index in [4.69, 9.17) is 0 Å². The molecule has 4 nitrogen and oxygen atoms in total. The van der Waals surface area contributed by atoms with Crippen molar-refractivity contribution in [2.24, 2.45) is 20.5 Å². The molecule has 0 bridgehead atoms. The molecule has 0 spiro atoms. The van der Waals surface area contributed by atoms with Gasteiger partial charge in [0.25, 0.3) is 0 Å². The van der Waals surface area contributed by atoms with E-state index in [2.05, 4.69) is 27.4 Å². The van der Waals surface area contributed by atoms with Crippen molar-refractivity contribution in [1.82, 2.24) is 0 Å². The van der Waals surface area contributed by atoms with Gasteiger partial charge in [0.15, 0.2) is 0 Å². The zero-order valence-electron chi connectivity index (χ0n) is 16.1. The predicted molar refractivity (Wildman–Crippen MR) is 118 cm³/mol. The van der Waals surface area contributed by atoms with E-state index < -0.39 is 0 Å². The van der Waals surface area contributed by atoms with E-state index in [0.29, 0.717) is 0 Å². The van der Waals surface area contributed by atoms with Gasteiger partial charge in [0.05, 0.1) is 22.7 Å². The molecule has 0 radical (unpaired) electrons. The van der Waals surface area contributed by atoms with Crippen LogP contribution >= 0.6 is 0 Å². The summed E-state index contributed by atoms with van der Waals surface area (Å²) in [4.78, 5) is 0. The molecule has 0 amide bonds. The molecule has 29 heavy (non-hydrogen) atoms. The second-order valence-corrected chi connectivity index (χ2v) is 6.66. The molecule has 0 heterocycles. The minimum Gasteiger partial charge on any atom is -0.151 e. The summed E-state index contributed by atoms with van der Waals surface area (Å²) < 4.78 is 0. The molecule has 0 aromatic heterocycles. The molecular weight excluding hydrogens is 356 g/mol. The molecular formula is C25H20N4. The number of azo groups is 2. The van der Waals surface area contributed by atoms with E-state index in [9.17, 15) is 0 Å². The van der Waals surface area contributed by atoms with E-state index in [1.54, 1.807) is 0 Å². The molecule has 0 saturated heterocycles. The van der Waals surface area contributed by atoms with Gasteiger partial charge in [0.2, 0.25) is 0 Å². The normalized spacial score (nSPS) is 11.3. The average Bonchev–Trinajstić information content (AvgIpc) is 2.79. The van der Waals surface area contributed by atoms with Crippen LogP contribution in [0.3, 0.4) is 0 Å². The van der Waals surface area contributed by atoms with Gasteiger partial charge < -0.3 is 0 Å². The molecule has 4 aromatic carbocycles. The number of hydrogen-bond donors (Lipinski definition) is 0. The van der Waals surface area contributed by atoms with Gasteiger partial charge in [-0.25, -0.2) is 0 Å². The maximum Gasteiger partial charge on any atom is 0.0857 e. The fourth-order valence-corrected chi connectivity index (χ4v) is 2.78. The SMILES string of the molecule is Cc1ccc(N=Nc2ccc(-c3ccc(N=Nc4ccccc4)cc3)cc2)cc1. The quantitative estimate of drug-likeness (QED) is 0.314. The van der Waals surface area contributed by atoms with E-state index >= 15 is 0 Å². The van der Waals surface area contributed by atoms with Crippen LogP contribution in [0.5, 0.6) is 0 Å². The van der Waals surface area contributed by atoms with E-state index in [-0.39, 0.29) is 0 Å². The largest absolute Gasteiger partial charge is 0.151 e. The van der Waals surface area contributed by atoms with Gasteiger partial charge in [-0.15, -0.1) is 0 Å². The molecule has 0 aliphatic heterocycles. The molecule has 4 rings (SSSR count). The van der Waals surface area contributed by atoms with E-state index in [0.717, 1.165) is 33.9 Å². The molecule has 0 fully saturated rings. The van der Waals surface area contributed by atoms with Crippen LogP contribution in [-0.4, -0.2) is 0 Å². The first-order valence-electron chi connectivity index (χ1n) is 9.42. The zero-order chi connectivity index (χ0) is 19.9. The Balaban J connectivity index is 1.43. The lowest BCUT2D eigenvalue weighted by Gasteiger charge is -2.02. The minimum absolute atomic E-state index is 0.820. The monoisotopic (exact) mass is 376 g/mol. The first kappa shape index (κ1) is 18.4. The third-order valence-electron chi connectivity index (χ3n) is 4.42. The maximum atomic E-state index is 4.31. The van der Waals surface area contributed by atoms with Crippen molar-refractivity contribution < 1.29 is 0 Å². The van der Waals surface area contributed by atoms with Gasteiger partial charge >= 0.3 is 0 Å². The smallest absolute Gasteiger partial charge is 0.0857 e. The fourth-order valence-electron chi connectivity index (χ4n) is 2.78. The molecule has 4 heteroatoms. The Morgan fingerprint density at radius 1 is 0.379 bits per heavy atom. The molecule has 140 valence electrons. The molecule has 0 aliphatic rings. The number of aryl methyl sites for hydroxylation is 1. The Morgan fingerprint density at radius 3 is 1.14 bits per heavy atom. The van der Waals surface area contributed by atoms with Gasteiger partial charge in [-0.1, -0.05) is 60.2 Å². The summed E-state index contributed by atoms with van der Waals surface area (Å²) in [7, 11) is 0. The van der Waals surface area contributed by atoms with Crippen LogP contribution in [0.1, 0.15) is 5.56 Å². The second-order valence-electron chi connectivity index (χ2n) is 6.66. The lowest BCUT2D eigenvalue weighted by molar-refractivity contribution is 1.23. The van der Waals surface area contributed by atoms with E-state index in [1.165, 1.54) is 5.56 Å². The third-order valence-corrected chi connectivity index (χ3v) is 4.42. The third kappa shape index (κ3) is 5.08. The van der Waals surface area contributed by atoms with Crippen molar-refractivity contribution >= 4 is 22.7 Å². The maximum absolute atomic E-state index is 4.31. The summed E-state index contributed by atoms with van der Waals surface area (Å²) in [5.74, 6) is 0. The first-order chi connectivity index (χ1) is 14.3. The summed E-state index contributed by atoms with van der Waals surface area (Å²) in [6, 6.07) is 33.7. The van der Waals surface area contributed by atoms with Crippen LogP contribution in [0.4, 0.5) is 22.7 Å². The van der Waals surface area contributed by atoms with Crippen LogP contribution < -0.4 is 0 Å². The van der Waals surface area contributed by atoms with Gasteiger partial charge in [-0.05, 0) is 66.6 Å². The van der Waals surface area contributed by atoms with Crippen molar-refractivity contribution in [1.29, 1.82) is 0 Å². The zero-order valence-corrected chi connectivity index (χ0v) is 16.1. The van der Waals surface area contributed by atoms with Crippen LogP contribution in [0.25, 0.3) is 11.1 Å². The topological polar surface area (TPSA) is 49.4 Å². The number of rotatable bonds is 5. The van der Waals surface area contributed by atoms with Crippen LogP contribution in [0.2, 0.25) is 0 Å². The Labute approximate surface area is 170 Å². The van der Waals surface area contributed by atoms with E-state index in [1.807, 2.05) is 103 Å². The Morgan fingerprint density at radius 2 is 0.724 bits per heavy atom. The highest BCUT2D eigenvalue weighted by Gasteiger charge is 1.99. The lowest BCUT2D eigenvalue weighted by Crippen LogP contribution is -1.76. The highest BCUT2D eigenvalue weighted by molar-refractivity contribution is 5.67. The highest BCUT2D eigenvalue weighted by Crippen LogP contribution is 2.26. The summed E-state index contributed by atoms with van der Waals surface area (Å²) in [5.41, 5.74) is 6.77. The predicted octanol–water partition coefficient (Wildman–Crippen LogP) is 8.49. The molecule has 0 aliphatic carbocycles. The summed E-state index contributed by atoms with van der Waals surface area (Å²) in [6.45, 7) is 2.05. The average molecular weight is 376 g/mol. The Kier molecular flexibility index (Phi) is 5.63. The highest BCUT2D eigenvalue weighted by atomic mass is 15.1. The standard InChI is InChI=1S/C25H20N4/c1-19-7-13-23(14-8-19)27-29-25-17-11-21(12-18-25)20-9-15-24(16-10-20)28-26-22-5-3-2-4-6-22/h2-18H,1H3. The first-order valence-corrected chi connectivity index (χ1v) is 9.42.